The lowest BCUT2D eigenvalue weighted by Gasteiger charge is -2.20. The fraction of sp³-hybridized carbons (Fsp3) is 0.667. The first-order valence-corrected chi connectivity index (χ1v) is 4.77. The number of hydrogen-bond donors (Lipinski definition) is 1. The monoisotopic (exact) mass is 195 g/mol. The third-order valence-corrected chi connectivity index (χ3v) is 2.52. The predicted molar refractivity (Wildman–Crippen MR) is 48.8 cm³/mol. The van der Waals surface area contributed by atoms with Gasteiger partial charge in [-0.25, -0.2) is 9.67 Å². The quantitative estimate of drug-likeness (QED) is 0.751. The molecule has 2 rings (SSSR count). The minimum atomic E-state index is -0.727. The van der Waals surface area contributed by atoms with E-state index in [-0.39, 0.29) is 12.3 Å². The average Bonchev–Trinajstić information content (AvgIpc) is 2.42. The second-order valence-corrected chi connectivity index (χ2v) is 3.76. The maximum atomic E-state index is 10.5. The summed E-state index contributed by atoms with van der Waals surface area (Å²) in [6.45, 7) is 2.56. The lowest BCUT2D eigenvalue weighted by Crippen LogP contribution is -2.23. The van der Waals surface area contributed by atoms with Crippen molar-refractivity contribution >= 4 is 5.97 Å². The Bertz CT molecular complexity index is 359. The second-order valence-electron chi connectivity index (χ2n) is 3.76. The number of aliphatic carboxylic acids is 1. The highest BCUT2D eigenvalue weighted by molar-refractivity contribution is 5.67. The van der Waals surface area contributed by atoms with E-state index in [1.165, 1.54) is 0 Å². The van der Waals surface area contributed by atoms with Gasteiger partial charge >= 0.3 is 5.97 Å². The van der Waals surface area contributed by atoms with Gasteiger partial charge in [-0.15, -0.1) is 0 Å². The van der Waals surface area contributed by atoms with Crippen LogP contribution in [0.4, 0.5) is 0 Å². The molecule has 1 aliphatic heterocycles. The lowest BCUT2D eigenvalue weighted by molar-refractivity contribution is -0.138. The molecule has 0 fully saturated rings. The van der Waals surface area contributed by atoms with Crippen molar-refractivity contribution in [1.82, 2.24) is 14.8 Å². The van der Waals surface area contributed by atoms with E-state index in [4.69, 9.17) is 5.11 Å². The molecule has 14 heavy (non-hydrogen) atoms. The first-order chi connectivity index (χ1) is 6.65. The van der Waals surface area contributed by atoms with Gasteiger partial charge in [-0.3, -0.25) is 4.79 Å². The molecule has 2 heterocycles. The summed E-state index contributed by atoms with van der Waals surface area (Å²) in [6, 6.07) is 0. The highest BCUT2D eigenvalue weighted by Gasteiger charge is 2.22. The van der Waals surface area contributed by atoms with Crippen molar-refractivity contribution < 1.29 is 9.90 Å². The zero-order valence-corrected chi connectivity index (χ0v) is 8.10. The number of aromatic nitrogens is 3. The standard InChI is InChI=1S/C9H13N3O2/c1-6-10-8-3-2-7(4-9(13)14)5-12(8)11-6/h7H,2-5H2,1H3,(H,13,14). The number of carboxylic acid groups (broad SMARTS) is 1. The van der Waals surface area contributed by atoms with Gasteiger partial charge in [0.2, 0.25) is 0 Å². The molecule has 76 valence electrons. The highest BCUT2D eigenvalue weighted by atomic mass is 16.4. The number of hydrogen-bond acceptors (Lipinski definition) is 3. The van der Waals surface area contributed by atoms with Crippen molar-refractivity contribution in [2.24, 2.45) is 5.92 Å². The zero-order valence-electron chi connectivity index (χ0n) is 8.10. The molecule has 1 N–H and O–H groups in total. The van der Waals surface area contributed by atoms with E-state index in [1.54, 1.807) is 0 Å². The molecule has 1 aromatic heterocycles. The summed E-state index contributed by atoms with van der Waals surface area (Å²) in [5, 5.41) is 12.9. The molecule has 0 saturated heterocycles. The molecule has 1 atom stereocenters. The Kier molecular flexibility index (Phi) is 2.23. The third kappa shape index (κ3) is 1.76. The first-order valence-electron chi connectivity index (χ1n) is 4.77. The zero-order chi connectivity index (χ0) is 10.1. The minimum Gasteiger partial charge on any atom is -0.481 e. The molecule has 1 aromatic rings. The van der Waals surface area contributed by atoms with Crippen molar-refractivity contribution in [1.29, 1.82) is 0 Å². The van der Waals surface area contributed by atoms with Gasteiger partial charge in [0.15, 0.2) is 0 Å². The van der Waals surface area contributed by atoms with Crippen LogP contribution in [-0.2, 0) is 17.8 Å². The maximum Gasteiger partial charge on any atom is 0.303 e. The molecular weight excluding hydrogens is 182 g/mol. The normalized spacial score (nSPS) is 20.5. The smallest absolute Gasteiger partial charge is 0.303 e. The summed E-state index contributed by atoms with van der Waals surface area (Å²) in [4.78, 5) is 14.8. The van der Waals surface area contributed by atoms with E-state index in [0.717, 1.165) is 24.5 Å². The van der Waals surface area contributed by atoms with Gasteiger partial charge in [0.1, 0.15) is 11.6 Å². The van der Waals surface area contributed by atoms with Gasteiger partial charge in [-0.2, -0.15) is 5.10 Å². The van der Waals surface area contributed by atoms with E-state index in [2.05, 4.69) is 10.1 Å². The largest absolute Gasteiger partial charge is 0.481 e. The fourth-order valence-electron chi connectivity index (χ4n) is 1.91. The fourth-order valence-corrected chi connectivity index (χ4v) is 1.91. The molecule has 1 aliphatic rings. The van der Waals surface area contributed by atoms with Crippen LogP contribution in [0.1, 0.15) is 24.5 Å². The molecule has 0 aliphatic carbocycles. The maximum absolute atomic E-state index is 10.5. The van der Waals surface area contributed by atoms with Crippen LogP contribution in [0.15, 0.2) is 0 Å². The van der Waals surface area contributed by atoms with Crippen LogP contribution < -0.4 is 0 Å². The Hall–Kier alpha value is -1.39. The van der Waals surface area contributed by atoms with Gasteiger partial charge in [0, 0.05) is 19.4 Å². The van der Waals surface area contributed by atoms with Gasteiger partial charge in [-0.1, -0.05) is 0 Å². The number of rotatable bonds is 2. The van der Waals surface area contributed by atoms with Crippen LogP contribution in [0.2, 0.25) is 0 Å². The van der Waals surface area contributed by atoms with E-state index in [0.29, 0.717) is 6.54 Å². The Morgan fingerprint density at radius 1 is 1.71 bits per heavy atom. The van der Waals surface area contributed by atoms with E-state index in [1.807, 2.05) is 11.6 Å². The van der Waals surface area contributed by atoms with Crippen LogP contribution in [-0.4, -0.2) is 25.8 Å². The molecule has 0 saturated carbocycles. The Morgan fingerprint density at radius 3 is 3.21 bits per heavy atom. The van der Waals surface area contributed by atoms with Crippen LogP contribution in [0.3, 0.4) is 0 Å². The van der Waals surface area contributed by atoms with E-state index < -0.39 is 5.97 Å². The number of aryl methyl sites for hydroxylation is 2. The average molecular weight is 195 g/mol. The van der Waals surface area contributed by atoms with E-state index in [9.17, 15) is 4.79 Å². The van der Waals surface area contributed by atoms with Crippen LogP contribution >= 0.6 is 0 Å². The van der Waals surface area contributed by atoms with Crippen molar-refractivity contribution in [3.63, 3.8) is 0 Å². The predicted octanol–water partition coefficient (Wildman–Crippen LogP) is 0.624. The SMILES string of the molecule is Cc1nc2n(n1)CC(CC(=O)O)CC2. The van der Waals surface area contributed by atoms with Crippen molar-refractivity contribution in [3.8, 4) is 0 Å². The van der Waals surface area contributed by atoms with Gasteiger partial charge in [0.05, 0.1) is 0 Å². The van der Waals surface area contributed by atoms with Gasteiger partial charge < -0.3 is 5.11 Å². The number of fused-ring (bicyclic) bond motifs is 1. The summed E-state index contributed by atoms with van der Waals surface area (Å²) in [6.07, 6.45) is 1.99. The minimum absolute atomic E-state index is 0.209. The summed E-state index contributed by atoms with van der Waals surface area (Å²) in [7, 11) is 0. The summed E-state index contributed by atoms with van der Waals surface area (Å²) in [5.74, 6) is 1.25. The van der Waals surface area contributed by atoms with E-state index >= 15 is 0 Å². The molecule has 1 unspecified atom stereocenters. The van der Waals surface area contributed by atoms with Gasteiger partial charge in [0.25, 0.3) is 0 Å². The molecule has 5 nitrogen and oxygen atoms in total. The lowest BCUT2D eigenvalue weighted by atomic mass is 9.96. The summed E-state index contributed by atoms with van der Waals surface area (Å²) >= 11 is 0. The number of carboxylic acids is 1. The molecule has 0 aromatic carbocycles. The van der Waals surface area contributed by atoms with Crippen molar-refractivity contribution in [3.05, 3.63) is 11.6 Å². The Balaban J connectivity index is 2.09. The van der Waals surface area contributed by atoms with Gasteiger partial charge in [-0.05, 0) is 19.3 Å². The van der Waals surface area contributed by atoms with Crippen LogP contribution in [0.5, 0.6) is 0 Å². The molecule has 5 heteroatoms. The number of nitrogens with zero attached hydrogens (tertiary/aromatic N) is 3. The second kappa shape index (κ2) is 3.40. The Morgan fingerprint density at radius 2 is 2.50 bits per heavy atom. The topological polar surface area (TPSA) is 68.0 Å². The van der Waals surface area contributed by atoms with Crippen LogP contribution in [0.25, 0.3) is 0 Å². The first kappa shape index (κ1) is 9.18. The molecule has 0 bridgehead atoms. The molecule has 0 radical (unpaired) electrons. The van der Waals surface area contributed by atoms with Crippen molar-refractivity contribution in [2.75, 3.05) is 0 Å². The molecule has 0 spiro atoms. The Labute approximate surface area is 81.8 Å². The summed E-state index contributed by atoms with van der Waals surface area (Å²) < 4.78 is 1.84. The number of carbonyl (C=O) groups is 1. The molecular formula is C9H13N3O2. The third-order valence-electron chi connectivity index (χ3n) is 2.52. The highest BCUT2D eigenvalue weighted by Crippen LogP contribution is 2.20. The van der Waals surface area contributed by atoms with Crippen LogP contribution in [0, 0.1) is 12.8 Å². The molecule has 0 amide bonds. The van der Waals surface area contributed by atoms with Crippen molar-refractivity contribution in [2.45, 2.75) is 32.7 Å². The summed E-state index contributed by atoms with van der Waals surface area (Å²) in [5.41, 5.74) is 0.